The topological polar surface area (TPSA) is 23.8 Å². The average molecular weight is 189 g/mol. The van der Waals surface area contributed by atoms with Crippen molar-refractivity contribution < 1.29 is 0 Å². The van der Waals surface area contributed by atoms with Crippen LogP contribution in [-0.4, -0.2) is 0 Å². The summed E-state index contributed by atoms with van der Waals surface area (Å²) < 4.78 is 0. The first-order chi connectivity index (χ1) is 6.90. The molecule has 0 heterocycles. The van der Waals surface area contributed by atoms with E-state index < -0.39 is 0 Å². The summed E-state index contributed by atoms with van der Waals surface area (Å²) in [6.45, 7) is 0. The fourth-order valence-electron chi connectivity index (χ4n) is 2.82. The van der Waals surface area contributed by atoms with Crippen LogP contribution < -0.4 is 0 Å². The minimum atomic E-state index is 0.308. The number of hydrogen-bond donors (Lipinski definition) is 0. The minimum Gasteiger partial charge on any atom is -0.198 e. The summed E-state index contributed by atoms with van der Waals surface area (Å²) >= 11 is 0. The molecule has 1 heteroatoms. The van der Waals surface area contributed by atoms with E-state index in [0.717, 1.165) is 18.8 Å². The summed E-state index contributed by atoms with van der Waals surface area (Å²) in [5, 5.41) is 8.81. The molecular formula is C13H19N. The Hall–Kier alpha value is -0.770. The summed E-state index contributed by atoms with van der Waals surface area (Å²) in [5.74, 6) is 1.19. The van der Waals surface area contributed by atoms with Gasteiger partial charge in [0.05, 0.1) is 12.0 Å². The van der Waals surface area contributed by atoms with E-state index in [-0.39, 0.29) is 0 Å². The van der Waals surface area contributed by atoms with Crippen molar-refractivity contribution in [3.63, 3.8) is 0 Å². The molecule has 2 aliphatic rings. The van der Waals surface area contributed by atoms with Crippen LogP contribution >= 0.6 is 0 Å². The maximum atomic E-state index is 8.81. The predicted octanol–water partition coefficient (Wildman–Crippen LogP) is 3.82. The lowest BCUT2D eigenvalue weighted by atomic mass is 9.78. The van der Waals surface area contributed by atoms with E-state index in [4.69, 9.17) is 5.26 Å². The molecule has 1 nitrogen and oxygen atoms in total. The van der Waals surface area contributed by atoms with E-state index in [9.17, 15) is 0 Å². The highest BCUT2D eigenvalue weighted by molar-refractivity contribution is 5.13. The van der Waals surface area contributed by atoms with Crippen LogP contribution in [0.1, 0.15) is 51.4 Å². The number of nitrogens with zero attached hydrogens (tertiary/aromatic N) is 1. The van der Waals surface area contributed by atoms with Gasteiger partial charge in [-0.15, -0.1) is 0 Å². The molecule has 0 bridgehead atoms. The summed E-state index contributed by atoms with van der Waals surface area (Å²) in [5.41, 5.74) is 1.68. The summed E-state index contributed by atoms with van der Waals surface area (Å²) in [6.07, 6.45) is 12.8. The average Bonchev–Trinajstić information content (AvgIpc) is 2.30. The lowest BCUT2D eigenvalue weighted by Gasteiger charge is -2.27. The van der Waals surface area contributed by atoms with Crippen molar-refractivity contribution in [2.45, 2.75) is 51.4 Å². The highest BCUT2D eigenvalue weighted by atomic mass is 14.3. The molecular weight excluding hydrogens is 170 g/mol. The Morgan fingerprint density at radius 1 is 1.14 bits per heavy atom. The molecule has 2 rings (SSSR count). The van der Waals surface area contributed by atoms with Gasteiger partial charge in [0.2, 0.25) is 0 Å². The Balaban J connectivity index is 1.92. The number of allylic oxidation sites excluding steroid dienone is 2. The Morgan fingerprint density at radius 2 is 1.93 bits per heavy atom. The van der Waals surface area contributed by atoms with Gasteiger partial charge in [-0.05, 0) is 38.0 Å². The second-order valence-corrected chi connectivity index (χ2v) is 4.71. The van der Waals surface area contributed by atoms with Crippen LogP contribution in [0.4, 0.5) is 0 Å². The van der Waals surface area contributed by atoms with E-state index in [2.05, 4.69) is 12.1 Å². The van der Waals surface area contributed by atoms with Crippen LogP contribution in [0, 0.1) is 23.2 Å². The molecule has 0 aromatic heterocycles. The van der Waals surface area contributed by atoms with Gasteiger partial charge in [-0.3, -0.25) is 0 Å². The highest BCUT2D eigenvalue weighted by Crippen LogP contribution is 2.35. The highest BCUT2D eigenvalue weighted by Gasteiger charge is 2.21. The Bertz CT molecular complexity index is 253. The molecule has 1 unspecified atom stereocenters. The molecule has 0 amide bonds. The summed E-state index contributed by atoms with van der Waals surface area (Å²) in [4.78, 5) is 0. The van der Waals surface area contributed by atoms with Crippen LogP contribution in [0.3, 0.4) is 0 Å². The lowest BCUT2D eigenvalue weighted by Crippen LogP contribution is -2.13. The molecule has 0 aromatic rings. The van der Waals surface area contributed by atoms with Gasteiger partial charge in [0.1, 0.15) is 0 Å². The third kappa shape index (κ3) is 2.18. The van der Waals surface area contributed by atoms with Crippen molar-refractivity contribution in [2.24, 2.45) is 11.8 Å². The second-order valence-electron chi connectivity index (χ2n) is 4.71. The van der Waals surface area contributed by atoms with Crippen LogP contribution in [-0.2, 0) is 0 Å². The molecule has 0 aliphatic heterocycles. The zero-order chi connectivity index (χ0) is 9.80. The number of rotatable bonds is 1. The molecule has 76 valence electrons. The van der Waals surface area contributed by atoms with Gasteiger partial charge in [0.25, 0.3) is 0 Å². The zero-order valence-corrected chi connectivity index (χ0v) is 8.84. The van der Waals surface area contributed by atoms with E-state index in [1.807, 2.05) is 0 Å². The number of hydrogen-bond acceptors (Lipinski definition) is 1. The largest absolute Gasteiger partial charge is 0.198 e. The van der Waals surface area contributed by atoms with Crippen molar-refractivity contribution in [3.05, 3.63) is 11.6 Å². The first kappa shape index (κ1) is 9.77. The molecule has 0 spiro atoms. The van der Waals surface area contributed by atoms with Gasteiger partial charge in [-0.1, -0.05) is 30.9 Å². The monoisotopic (exact) mass is 189 g/mol. The molecule has 1 saturated carbocycles. The van der Waals surface area contributed by atoms with Crippen molar-refractivity contribution in [1.82, 2.24) is 0 Å². The van der Waals surface area contributed by atoms with Crippen LogP contribution in [0.5, 0.6) is 0 Å². The van der Waals surface area contributed by atoms with Gasteiger partial charge in [-0.25, -0.2) is 0 Å². The standard InChI is InChI=1S/C13H19N/c14-10-11-6-8-13(9-7-11)12-4-2-1-3-5-12/h8,11-12H,1-7,9H2. The normalized spacial score (nSPS) is 29.4. The Labute approximate surface area is 86.8 Å². The maximum Gasteiger partial charge on any atom is 0.0659 e. The molecule has 0 N–H and O–H groups in total. The lowest BCUT2D eigenvalue weighted by molar-refractivity contribution is 0.381. The minimum absolute atomic E-state index is 0.308. The van der Waals surface area contributed by atoms with Crippen molar-refractivity contribution in [3.8, 4) is 6.07 Å². The summed E-state index contributed by atoms with van der Waals surface area (Å²) in [7, 11) is 0. The fraction of sp³-hybridized carbons (Fsp3) is 0.769. The molecule has 2 aliphatic carbocycles. The van der Waals surface area contributed by atoms with Gasteiger partial charge < -0.3 is 0 Å². The first-order valence-electron chi connectivity index (χ1n) is 5.98. The molecule has 0 radical (unpaired) electrons. The van der Waals surface area contributed by atoms with E-state index >= 15 is 0 Å². The predicted molar refractivity (Wildman–Crippen MR) is 57.6 cm³/mol. The molecule has 1 fully saturated rings. The van der Waals surface area contributed by atoms with Crippen molar-refractivity contribution in [1.29, 1.82) is 5.26 Å². The third-order valence-corrected chi connectivity index (χ3v) is 3.76. The maximum absolute atomic E-state index is 8.81. The van der Waals surface area contributed by atoms with Gasteiger partial charge in [0.15, 0.2) is 0 Å². The second kappa shape index (κ2) is 4.64. The van der Waals surface area contributed by atoms with Gasteiger partial charge in [0, 0.05) is 0 Å². The summed E-state index contributed by atoms with van der Waals surface area (Å²) in [6, 6.07) is 2.38. The molecule has 0 aromatic carbocycles. The van der Waals surface area contributed by atoms with E-state index in [0.29, 0.717) is 5.92 Å². The third-order valence-electron chi connectivity index (χ3n) is 3.76. The fourth-order valence-corrected chi connectivity index (χ4v) is 2.82. The Kier molecular flexibility index (Phi) is 3.24. The first-order valence-corrected chi connectivity index (χ1v) is 5.98. The molecule has 1 atom stereocenters. The van der Waals surface area contributed by atoms with Gasteiger partial charge >= 0.3 is 0 Å². The van der Waals surface area contributed by atoms with E-state index in [1.165, 1.54) is 38.5 Å². The molecule has 0 saturated heterocycles. The number of nitriles is 1. The molecule has 14 heavy (non-hydrogen) atoms. The van der Waals surface area contributed by atoms with Crippen LogP contribution in [0.2, 0.25) is 0 Å². The van der Waals surface area contributed by atoms with Crippen LogP contribution in [0.15, 0.2) is 11.6 Å². The van der Waals surface area contributed by atoms with Crippen molar-refractivity contribution in [2.75, 3.05) is 0 Å². The quantitative estimate of drug-likeness (QED) is 0.575. The van der Waals surface area contributed by atoms with Gasteiger partial charge in [-0.2, -0.15) is 5.26 Å². The van der Waals surface area contributed by atoms with Crippen molar-refractivity contribution >= 4 is 0 Å². The Morgan fingerprint density at radius 3 is 2.50 bits per heavy atom. The van der Waals surface area contributed by atoms with E-state index in [1.54, 1.807) is 5.57 Å². The van der Waals surface area contributed by atoms with Crippen LogP contribution in [0.25, 0.3) is 0 Å². The SMILES string of the molecule is N#CC1CC=C(C2CCCCC2)CC1. The zero-order valence-electron chi connectivity index (χ0n) is 8.84. The smallest absolute Gasteiger partial charge is 0.0659 e.